The SMILES string of the molecule is O=C(COc1ccc(Cl)cc1)N1CCC2(CC1)C[C@H]2C(=O)N1CCN(c2ccccc2)CC1. The largest absolute Gasteiger partial charge is 0.484 e. The summed E-state index contributed by atoms with van der Waals surface area (Å²) in [6.45, 7) is 4.77. The molecular weight excluding hydrogens is 438 g/mol. The highest BCUT2D eigenvalue weighted by Gasteiger charge is 2.59. The van der Waals surface area contributed by atoms with Crippen molar-refractivity contribution >= 4 is 29.1 Å². The minimum atomic E-state index is 0.000334. The Labute approximate surface area is 200 Å². The predicted octanol–water partition coefficient (Wildman–Crippen LogP) is 3.70. The second kappa shape index (κ2) is 9.26. The van der Waals surface area contributed by atoms with Gasteiger partial charge in [0.05, 0.1) is 0 Å². The molecule has 2 saturated heterocycles. The Balaban J connectivity index is 1.07. The molecule has 7 heteroatoms. The summed E-state index contributed by atoms with van der Waals surface area (Å²) in [5.74, 6) is 1.08. The summed E-state index contributed by atoms with van der Waals surface area (Å²) in [5.41, 5.74) is 1.33. The van der Waals surface area contributed by atoms with E-state index in [9.17, 15) is 9.59 Å². The molecule has 33 heavy (non-hydrogen) atoms. The summed E-state index contributed by atoms with van der Waals surface area (Å²) in [5, 5.41) is 0.640. The second-order valence-electron chi connectivity index (χ2n) is 9.39. The van der Waals surface area contributed by atoms with Gasteiger partial charge in [-0.25, -0.2) is 0 Å². The minimum absolute atomic E-state index is 0.000334. The van der Waals surface area contributed by atoms with Gasteiger partial charge in [-0.3, -0.25) is 9.59 Å². The molecule has 3 fully saturated rings. The van der Waals surface area contributed by atoms with Crippen LogP contribution in [0.5, 0.6) is 5.75 Å². The number of carbonyl (C=O) groups excluding carboxylic acids is 2. The first kappa shape index (κ1) is 22.1. The average molecular weight is 468 g/mol. The summed E-state index contributed by atoms with van der Waals surface area (Å²) in [6.07, 6.45) is 2.77. The predicted molar refractivity (Wildman–Crippen MR) is 129 cm³/mol. The Morgan fingerprint density at radius 1 is 0.879 bits per heavy atom. The smallest absolute Gasteiger partial charge is 0.260 e. The number of carbonyl (C=O) groups is 2. The molecule has 2 aliphatic heterocycles. The topological polar surface area (TPSA) is 53.1 Å². The van der Waals surface area contributed by atoms with E-state index in [2.05, 4.69) is 34.1 Å². The third-order valence-electron chi connectivity index (χ3n) is 7.49. The van der Waals surface area contributed by atoms with Crippen molar-refractivity contribution in [1.29, 1.82) is 0 Å². The van der Waals surface area contributed by atoms with Crippen LogP contribution in [0.4, 0.5) is 5.69 Å². The van der Waals surface area contributed by atoms with Crippen molar-refractivity contribution in [2.24, 2.45) is 11.3 Å². The molecule has 0 bridgehead atoms. The molecule has 6 nitrogen and oxygen atoms in total. The Bertz CT molecular complexity index is 982. The molecule has 0 N–H and O–H groups in total. The lowest BCUT2D eigenvalue weighted by Crippen LogP contribution is -2.50. The molecule has 0 aromatic heterocycles. The lowest BCUT2D eigenvalue weighted by Gasteiger charge is -2.37. The highest BCUT2D eigenvalue weighted by molar-refractivity contribution is 6.30. The number of nitrogens with zero attached hydrogens (tertiary/aromatic N) is 3. The van der Waals surface area contributed by atoms with Crippen molar-refractivity contribution in [3.8, 4) is 5.75 Å². The Morgan fingerprint density at radius 3 is 2.21 bits per heavy atom. The summed E-state index contributed by atoms with van der Waals surface area (Å²) < 4.78 is 5.61. The molecular formula is C26H30ClN3O3. The second-order valence-corrected chi connectivity index (χ2v) is 9.83. The lowest BCUT2D eigenvalue weighted by atomic mass is 9.90. The van der Waals surface area contributed by atoms with E-state index in [4.69, 9.17) is 16.3 Å². The van der Waals surface area contributed by atoms with Gasteiger partial charge in [0.15, 0.2) is 6.61 Å². The number of likely N-dealkylation sites (tertiary alicyclic amines) is 1. The van der Waals surface area contributed by atoms with E-state index >= 15 is 0 Å². The summed E-state index contributed by atoms with van der Waals surface area (Å²) in [4.78, 5) is 32.0. The molecule has 2 heterocycles. The molecule has 1 saturated carbocycles. The highest BCUT2D eigenvalue weighted by Crippen LogP contribution is 2.60. The van der Waals surface area contributed by atoms with Crippen LogP contribution < -0.4 is 9.64 Å². The van der Waals surface area contributed by atoms with Gasteiger partial charge >= 0.3 is 0 Å². The summed E-state index contributed by atoms with van der Waals surface area (Å²) in [7, 11) is 0. The molecule has 5 rings (SSSR count). The van der Waals surface area contributed by atoms with Crippen LogP contribution in [0, 0.1) is 11.3 Å². The van der Waals surface area contributed by atoms with Crippen LogP contribution in [-0.4, -0.2) is 67.5 Å². The minimum Gasteiger partial charge on any atom is -0.484 e. The quantitative estimate of drug-likeness (QED) is 0.673. The number of benzene rings is 2. The number of rotatable bonds is 5. The van der Waals surface area contributed by atoms with E-state index in [-0.39, 0.29) is 23.8 Å². The molecule has 3 aliphatic rings. The van der Waals surface area contributed by atoms with E-state index in [0.717, 1.165) is 45.4 Å². The Morgan fingerprint density at radius 2 is 1.55 bits per heavy atom. The monoisotopic (exact) mass is 467 g/mol. The zero-order chi connectivity index (χ0) is 22.8. The number of piperazine rings is 1. The van der Waals surface area contributed by atoms with Crippen molar-refractivity contribution in [1.82, 2.24) is 9.80 Å². The van der Waals surface area contributed by atoms with Crippen LogP contribution in [0.1, 0.15) is 19.3 Å². The number of ether oxygens (including phenoxy) is 1. The van der Waals surface area contributed by atoms with Gasteiger partial charge < -0.3 is 19.4 Å². The van der Waals surface area contributed by atoms with Crippen LogP contribution in [-0.2, 0) is 9.59 Å². The molecule has 0 radical (unpaired) electrons. The van der Waals surface area contributed by atoms with Gasteiger partial charge in [0.2, 0.25) is 5.91 Å². The highest BCUT2D eigenvalue weighted by atomic mass is 35.5. The van der Waals surface area contributed by atoms with Crippen LogP contribution in [0.3, 0.4) is 0 Å². The maximum atomic E-state index is 13.2. The van der Waals surface area contributed by atoms with Gasteiger partial charge in [0, 0.05) is 55.9 Å². The van der Waals surface area contributed by atoms with Crippen molar-refractivity contribution in [2.75, 3.05) is 50.8 Å². The van der Waals surface area contributed by atoms with Crippen LogP contribution in [0.25, 0.3) is 0 Å². The summed E-state index contributed by atoms with van der Waals surface area (Å²) >= 11 is 5.88. The molecule has 0 unspecified atom stereocenters. The first-order chi connectivity index (χ1) is 16.0. The van der Waals surface area contributed by atoms with Crippen molar-refractivity contribution in [3.63, 3.8) is 0 Å². The van der Waals surface area contributed by atoms with Crippen LogP contribution in [0.2, 0.25) is 5.02 Å². The standard InChI is InChI=1S/C26H30ClN3O3/c27-20-6-8-22(9-7-20)33-19-24(31)29-12-10-26(11-13-29)18-23(26)25(32)30-16-14-28(15-17-30)21-4-2-1-3-5-21/h1-9,23H,10-19H2/t23-/m0/s1. The van der Waals surface area contributed by atoms with Gasteiger partial charge in [-0.05, 0) is 61.1 Å². The van der Waals surface area contributed by atoms with Crippen molar-refractivity contribution in [3.05, 3.63) is 59.6 Å². The Hall–Kier alpha value is -2.73. The number of piperidine rings is 1. The van der Waals surface area contributed by atoms with Crippen molar-refractivity contribution in [2.45, 2.75) is 19.3 Å². The average Bonchev–Trinajstić information content (AvgIpc) is 3.57. The number of anilines is 1. The zero-order valence-electron chi connectivity index (χ0n) is 18.8. The van der Waals surface area contributed by atoms with Crippen molar-refractivity contribution < 1.29 is 14.3 Å². The fourth-order valence-electron chi connectivity index (χ4n) is 5.26. The molecule has 174 valence electrons. The normalized spacial score (nSPS) is 21.7. The van der Waals surface area contributed by atoms with Gasteiger partial charge in [0.1, 0.15) is 5.75 Å². The lowest BCUT2D eigenvalue weighted by molar-refractivity contribution is -0.136. The van der Waals surface area contributed by atoms with Gasteiger partial charge in [-0.1, -0.05) is 29.8 Å². The zero-order valence-corrected chi connectivity index (χ0v) is 19.5. The van der Waals surface area contributed by atoms with Gasteiger partial charge in [-0.15, -0.1) is 0 Å². The molecule has 1 spiro atoms. The number of halogens is 1. The first-order valence-electron chi connectivity index (χ1n) is 11.8. The number of para-hydroxylation sites is 1. The van der Waals surface area contributed by atoms with E-state index in [0.29, 0.717) is 29.8 Å². The molecule has 1 atom stereocenters. The first-order valence-corrected chi connectivity index (χ1v) is 12.2. The molecule has 2 aromatic rings. The third-order valence-corrected chi connectivity index (χ3v) is 7.74. The van der Waals surface area contributed by atoms with Gasteiger partial charge in [0.25, 0.3) is 5.91 Å². The van der Waals surface area contributed by atoms with Gasteiger partial charge in [-0.2, -0.15) is 0 Å². The molecule has 2 aromatic carbocycles. The van der Waals surface area contributed by atoms with Crippen LogP contribution in [0.15, 0.2) is 54.6 Å². The summed E-state index contributed by atoms with van der Waals surface area (Å²) in [6, 6.07) is 17.4. The molecule has 2 amide bonds. The van der Waals surface area contributed by atoms with E-state index in [1.165, 1.54) is 5.69 Å². The fourth-order valence-corrected chi connectivity index (χ4v) is 5.39. The number of hydrogen-bond donors (Lipinski definition) is 0. The maximum Gasteiger partial charge on any atom is 0.260 e. The third kappa shape index (κ3) is 4.81. The fraction of sp³-hybridized carbons (Fsp3) is 0.462. The Kier molecular flexibility index (Phi) is 6.19. The van der Waals surface area contributed by atoms with Crippen LogP contribution >= 0.6 is 11.6 Å². The maximum absolute atomic E-state index is 13.2. The van der Waals surface area contributed by atoms with E-state index in [1.54, 1.807) is 24.3 Å². The molecule has 1 aliphatic carbocycles. The number of amides is 2. The number of hydrogen-bond acceptors (Lipinski definition) is 4. The van der Waals surface area contributed by atoms with E-state index < -0.39 is 0 Å². The van der Waals surface area contributed by atoms with E-state index in [1.807, 2.05) is 11.0 Å².